The molecule has 1 unspecified atom stereocenters. The molecule has 1 fully saturated rings. The second-order valence-electron chi connectivity index (χ2n) is 6.93. The predicted octanol–water partition coefficient (Wildman–Crippen LogP) is 2.54. The van der Waals surface area contributed by atoms with Gasteiger partial charge in [0.2, 0.25) is 0 Å². The Kier molecular flexibility index (Phi) is 5.44. The summed E-state index contributed by atoms with van der Waals surface area (Å²) in [7, 11) is 6.60. The first-order chi connectivity index (χ1) is 10.0. The summed E-state index contributed by atoms with van der Waals surface area (Å²) in [6, 6.07) is 0.481. The summed E-state index contributed by atoms with van der Waals surface area (Å²) >= 11 is 0. The number of hydrogen-bond donors (Lipinski definition) is 1. The van der Waals surface area contributed by atoms with E-state index >= 15 is 0 Å². The van der Waals surface area contributed by atoms with Crippen LogP contribution in [0, 0.1) is 5.92 Å². The van der Waals surface area contributed by atoms with Gasteiger partial charge in [0.05, 0.1) is 6.20 Å². The molecule has 2 rings (SSSR count). The third-order valence-electron chi connectivity index (χ3n) is 5.48. The Labute approximate surface area is 129 Å². The molecule has 1 aliphatic carbocycles. The van der Waals surface area contributed by atoms with Crippen LogP contribution in [0.1, 0.15) is 45.1 Å². The van der Waals surface area contributed by atoms with Gasteiger partial charge in [0.25, 0.3) is 0 Å². The van der Waals surface area contributed by atoms with Gasteiger partial charge < -0.3 is 10.2 Å². The van der Waals surface area contributed by atoms with Crippen LogP contribution < -0.4 is 5.32 Å². The van der Waals surface area contributed by atoms with Gasteiger partial charge in [0.15, 0.2) is 0 Å². The first kappa shape index (κ1) is 16.5. The maximum absolute atomic E-state index is 4.42. The Hall–Kier alpha value is -0.870. The average Bonchev–Trinajstić information content (AvgIpc) is 2.93. The molecule has 4 nitrogen and oxygen atoms in total. The summed E-state index contributed by atoms with van der Waals surface area (Å²) < 4.78 is 2.02. The van der Waals surface area contributed by atoms with E-state index in [0.29, 0.717) is 6.04 Å². The van der Waals surface area contributed by atoms with Crippen LogP contribution in [-0.2, 0) is 13.0 Å². The quantitative estimate of drug-likeness (QED) is 0.875. The van der Waals surface area contributed by atoms with Crippen molar-refractivity contribution in [3.05, 3.63) is 18.0 Å². The van der Waals surface area contributed by atoms with Crippen LogP contribution in [0.4, 0.5) is 0 Å². The minimum absolute atomic E-state index is 0.273. The van der Waals surface area contributed by atoms with Crippen molar-refractivity contribution in [3.63, 3.8) is 0 Å². The zero-order chi connectivity index (χ0) is 15.5. The van der Waals surface area contributed by atoms with Gasteiger partial charge in [0.1, 0.15) is 0 Å². The third-order valence-corrected chi connectivity index (χ3v) is 5.48. The molecule has 1 aromatic rings. The fourth-order valence-corrected chi connectivity index (χ4v) is 3.85. The van der Waals surface area contributed by atoms with Crippen molar-refractivity contribution >= 4 is 0 Å². The maximum Gasteiger partial charge on any atom is 0.0522 e. The van der Waals surface area contributed by atoms with Crippen LogP contribution in [0.25, 0.3) is 0 Å². The van der Waals surface area contributed by atoms with Gasteiger partial charge in [-0.05, 0) is 71.7 Å². The number of likely N-dealkylation sites (N-methyl/N-ethyl adjacent to an activating group) is 2. The molecule has 1 aromatic heterocycles. The second kappa shape index (κ2) is 6.93. The van der Waals surface area contributed by atoms with E-state index in [-0.39, 0.29) is 5.54 Å². The number of rotatable bonds is 6. The number of aromatic nitrogens is 2. The lowest BCUT2D eigenvalue weighted by Gasteiger charge is -2.49. The first-order valence-electron chi connectivity index (χ1n) is 8.38. The Bertz CT molecular complexity index is 430. The van der Waals surface area contributed by atoms with E-state index in [2.05, 4.69) is 56.5 Å². The van der Waals surface area contributed by atoms with Crippen molar-refractivity contribution in [2.75, 3.05) is 21.1 Å². The molecule has 1 N–H and O–H groups in total. The van der Waals surface area contributed by atoms with Gasteiger partial charge in [0, 0.05) is 24.3 Å². The summed E-state index contributed by atoms with van der Waals surface area (Å²) in [6.07, 6.45) is 10.5. The summed E-state index contributed by atoms with van der Waals surface area (Å²) in [6.45, 7) is 5.47. The molecule has 1 aliphatic rings. The molecular weight excluding hydrogens is 260 g/mol. The highest BCUT2D eigenvalue weighted by molar-refractivity contribution is 5.12. The van der Waals surface area contributed by atoms with Crippen molar-refractivity contribution in [2.45, 2.75) is 64.1 Å². The van der Waals surface area contributed by atoms with E-state index in [9.17, 15) is 0 Å². The highest BCUT2D eigenvalue weighted by Gasteiger charge is 2.42. The Morgan fingerprint density at radius 2 is 2.10 bits per heavy atom. The Balaban J connectivity index is 2.16. The van der Waals surface area contributed by atoms with E-state index in [1.807, 2.05) is 10.9 Å². The van der Waals surface area contributed by atoms with Crippen molar-refractivity contribution in [2.24, 2.45) is 5.92 Å². The maximum atomic E-state index is 4.42. The molecule has 0 radical (unpaired) electrons. The second-order valence-corrected chi connectivity index (χ2v) is 6.93. The van der Waals surface area contributed by atoms with E-state index in [4.69, 9.17) is 0 Å². The van der Waals surface area contributed by atoms with Crippen molar-refractivity contribution < 1.29 is 0 Å². The summed E-state index contributed by atoms with van der Waals surface area (Å²) in [5.74, 6) is 0.874. The molecule has 120 valence electrons. The number of hydrogen-bond acceptors (Lipinski definition) is 3. The number of aryl methyl sites for hydroxylation is 1. The molecule has 1 heterocycles. The SMILES string of the molecule is CCn1cc(CC(NC)C2(N(C)C)CCC(C)CC2)cn1. The summed E-state index contributed by atoms with van der Waals surface area (Å²) in [5, 5.41) is 8.03. The third kappa shape index (κ3) is 3.49. The lowest BCUT2D eigenvalue weighted by molar-refractivity contribution is 0.0461. The topological polar surface area (TPSA) is 33.1 Å². The molecule has 0 saturated heterocycles. The minimum atomic E-state index is 0.273. The fraction of sp³-hybridized carbons (Fsp3) is 0.824. The van der Waals surface area contributed by atoms with E-state index in [0.717, 1.165) is 18.9 Å². The highest BCUT2D eigenvalue weighted by Crippen LogP contribution is 2.38. The van der Waals surface area contributed by atoms with Crippen LogP contribution in [-0.4, -0.2) is 47.4 Å². The van der Waals surface area contributed by atoms with Crippen LogP contribution in [0.15, 0.2) is 12.4 Å². The summed E-state index contributed by atoms with van der Waals surface area (Å²) in [4.78, 5) is 2.46. The van der Waals surface area contributed by atoms with Gasteiger partial charge in [-0.25, -0.2) is 0 Å². The number of nitrogens with one attached hydrogen (secondary N) is 1. The van der Waals surface area contributed by atoms with Gasteiger partial charge >= 0.3 is 0 Å². The molecule has 1 atom stereocenters. The molecule has 21 heavy (non-hydrogen) atoms. The smallest absolute Gasteiger partial charge is 0.0522 e. The normalized spacial score (nSPS) is 28.0. The fourth-order valence-electron chi connectivity index (χ4n) is 3.85. The Morgan fingerprint density at radius 3 is 2.57 bits per heavy atom. The molecule has 0 aliphatic heterocycles. The standard InChI is InChI=1S/C17H32N4/c1-6-21-13-15(12-19-21)11-16(18-3)17(20(4)5)9-7-14(2)8-10-17/h12-14,16,18H,6-11H2,1-5H3. The van der Waals surface area contributed by atoms with Crippen molar-refractivity contribution in [3.8, 4) is 0 Å². The van der Waals surface area contributed by atoms with Crippen LogP contribution >= 0.6 is 0 Å². The van der Waals surface area contributed by atoms with Gasteiger partial charge in [-0.15, -0.1) is 0 Å². The lowest BCUT2D eigenvalue weighted by Crippen LogP contribution is -2.60. The van der Waals surface area contributed by atoms with Crippen molar-refractivity contribution in [1.82, 2.24) is 20.0 Å². The molecule has 0 spiro atoms. The lowest BCUT2D eigenvalue weighted by atomic mass is 9.71. The first-order valence-corrected chi connectivity index (χ1v) is 8.38. The van der Waals surface area contributed by atoms with Gasteiger partial charge in [-0.1, -0.05) is 6.92 Å². The molecule has 4 heteroatoms. The number of nitrogens with zero attached hydrogens (tertiary/aromatic N) is 3. The highest BCUT2D eigenvalue weighted by atomic mass is 15.3. The van der Waals surface area contributed by atoms with Crippen LogP contribution in [0.2, 0.25) is 0 Å². The van der Waals surface area contributed by atoms with Gasteiger partial charge in [-0.2, -0.15) is 5.10 Å². The molecule has 0 bridgehead atoms. The van der Waals surface area contributed by atoms with E-state index in [1.54, 1.807) is 0 Å². The predicted molar refractivity (Wildman–Crippen MR) is 88.5 cm³/mol. The van der Waals surface area contributed by atoms with Crippen LogP contribution in [0.3, 0.4) is 0 Å². The van der Waals surface area contributed by atoms with E-state index in [1.165, 1.54) is 31.2 Å². The molecular formula is C17H32N4. The molecule has 0 aromatic carbocycles. The zero-order valence-corrected chi connectivity index (χ0v) is 14.4. The van der Waals surface area contributed by atoms with Crippen LogP contribution in [0.5, 0.6) is 0 Å². The average molecular weight is 292 g/mol. The monoisotopic (exact) mass is 292 g/mol. The van der Waals surface area contributed by atoms with E-state index < -0.39 is 0 Å². The Morgan fingerprint density at radius 1 is 1.43 bits per heavy atom. The summed E-state index contributed by atoms with van der Waals surface area (Å²) in [5.41, 5.74) is 1.62. The zero-order valence-electron chi connectivity index (χ0n) is 14.4. The minimum Gasteiger partial charge on any atom is -0.315 e. The van der Waals surface area contributed by atoms with Crippen molar-refractivity contribution in [1.29, 1.82) is 0 Å². The largest absolute Gasteiger partial charge is 0.315 e. The van der Waals surface area contributed by atoms with Gasteiger partial charge in [-0.3, -0.25) is 4.68 Å². The molecule has 1 saturated carbocycles. The molecule has 0 amide bonds.